The van der Waals surface area contributed by atoms with Gasteiger partial charge in [-0.15, -0.1) is 0 Å². The minimum atomic E-state index is -4.02. The molecule has 2 aromatic rings. The Bertz CT molecular complexity index is 852. The van der Waals surface area contributed by atoms with Crippen LogP contribution in [0.5, 0.6) is 0 Å². The van der Waals surface area contributed by atoms with Crippen LogP contribution < -0.4 is 0 Å². The molecule has 0 radical (unpaired) electrons. The summed E-state index contributed by atoms with van der Waals surface area (Å²) in [6.07, 6.45) is 0. The summed E-state index contributed by atoms with van der Waals surface area (Å²) in [6.45, 7) is 2.36. The van der Waals surface area contributed by atoms with Gasteiger partial charge in [-0.1, -0.05) is 12.1 Å². The first-order valence-corrected chi connectivity index (χ1v) is 8.41. The molecule has 1 aromatic heterocycles. The highest BCUT2D eigenvalue weighted by Gasteiger charge is 2.28. The van der Waals surface area contributed by atoms with Crippen molar-refractivity contribution >= 4 is 15.6 Å². The second kappa shape index (κ2) is 5.84. The number of nitrogens with zero attached hydrogens (tertiary/aromatic N) is 2. The number of halogens is 2. The van der Waals surface area contributed by atoms with Gasteiger partial charge in [-0.25, -0.2) is 17.2 Å². The van der Waals surface area contributed by atoms with Crippen molar-refractivity contribution in [3.05, 3.63) is 47.3 Å². The van der Waals surface area contributed by atoms with Crippen LogP contribution in [0.25, 0.3) is 0 Å². The second-order valence-corrected chi connectivity index (χ2v) is 7.38. The van der Waals surface area contributed by atoms with Crippen molar-refractivity contribution in [3.8, 4) is 0 Å². The van der Waals surface area contributed by atoms with E-state index in [2.05, 4.69) is 5.10 Å². The van der Waals surface area contributed by atoms with Gasteiger partial charge >= 0.3 is 0 Å². The molecule has 23 heavy (non-hydrogen) atoms. The summed E-state index contributed by atoms with van der Waals surface area (Å²) in [5, 5.41) is 3.98. The summed E-state index contributed by atoms with van der Waals surface area (Å²) in [5.41, 5.74) is 0.325. The normalized spacial score (nSPS) is 12.4. The molecule has 0 amide bonds. The molecule has 8 heteroatoms. The fourth-order valence-corrected chi connectivity index (χ4v) is 3.42. The number of aryl methyl sites for hydroxylation is 2. The Kier molecular flexibility index (Phi) is 4.39. The smallest absolute Gasteiger partial charge is 0.270 e. The molecule has 0 atom stereocenters. The molecule has 0 N–H and O–H groups in total. The predicted octanol–water partition coefficient (Wildman–Crippen LogP) is 2.50. The molecule has 0 aliphatic heterocycles. The van der Waals surface area contributed by atoms with Crippen LogP contribution in [0.3, 0.4) is 0 Å². The molecule has 1 heterocycles. The Morgan fingerprint density at radius 1 is 1.30 bits per heavy atom. The fourth-order valence-electron chi connectivity index (χ4n) is 2.16. The topological polar surface area (TPSA) is 69.0 Å². The van der Waals surface area contributed by atoms with Gasteiger partial charge in [-0.3, -0.25) is 9.48 Å². The number of carbonyl (C=O) groups is 1. The third kappa shape index (κ3) is 3.82. The van der Waals surface area contributed by atoms with E-state index in [1.165, 1.54) is 29.9 Å². The third-order valence-electron chi connectivity index (χ3n) is 3.31. The maximum Gasteiger partial charge on any atom is 0.270 e. The lowest BCUT2D eigenvalue weighted by molar-refractivity contribution is 0.0172. The first kappa shape index (κ1) is 17.3. The largest absolute Gasteiger partial charge is 0.291 e. The van der Waals surface area contributed by atoms with Crippen molar-refractivity contribution in [2.75, 3.05) is 5.75 Å². The first-order valence-electron chi connectivity index (χ1n) is 6.75. The Balaban J connectivity index is 2.32. The van der Waals surface area contributed by atoms with E-state index in [9.17, 15) is 22.0 Å². The molecule has 5 nitrogen and oxygen atoms in total. The minimum absolute atomic E-state index is 0.156. The molecule has 124 valence electrons. The summed E-state index contributed by atoms with van der Waals surface area (Å²) in [4.78, 5) is 11.9. The van der Waals surface area contributed by atoms with E-state index >= 15 is 0 Å². The Hall–Kier alpha value is -2.09. The first-order chi connectivity index (χ1) is 10.5. The Labute approximate surface area is 132 Å². The van der Waals surface area contributed by atoms with Gasteiger partial charge in [0, 0.05) is 19.5 Å². The minimum Gasteiger partial charge on any atom is -0.291 e. The second-order valence-electron chi connectivity index (χ2n) is 5.39. The summed E-state index contributed by atoms with van der Waals surface area (Å²) in [6, 6.07) is 5.96. The number of aromatic nitrogens is 2. The van der Waals surface area contributed by atoms with E-state index in [4.69, 9.17) is 0 Å². The molecule has 0 fully saturated rings. The standard InChI is InChI=1S/C15H16F2N2O3S/c1-10-7-13(19(3)18-10)14(20)9-23(21,22)12-6-4-5-11(8-12)15(2,16)17/h4-8H,9H2,1-3H3. The number of sulfone groups is 1. The molecular formula is C15H16F2N2O3S. The zero-order valence-corrected chi connectivity index (χ0v) is 13.7. The average molecular weight is 342 g/mol. The maximum absolute atomic E-state index is 13.3. The summed E-state index contributed by atoms with van der Waals surface area (Å²) >= 11 is 0. The molecule has 1 aromatic carbocycles. The van der Waals surface area contributed by atoms with Crippen LogP contribution in [-0.4, -0.2) is 29.7 Å². The molecule has 0 aliphatic rings. The number of rotatable bonds is 5. The number of benzene rings is 1. The zero-order chi connectivity index (χ0) is 17.4. The average Bonchev–Trinajstić information content (AvgIpc) is 2.76. The number of carbonyl (C=O) groups excluding carboxylic acids is 1. The van der Waals surface area contributed by atoms with Gasteiger partial charge in [0.15, 0.2) is 15.6 Å². The Morgan fingerprint density at radius 3 is 2.48 bits per heavy atom. The number of hydrogen-bond acceptors (Lipinski definition) is 4. The third-order valence-corrected chi connectivity index (χ3v) is 4.92. The van der Waals surface area contributed by atoms with Gasteiger partial charge in [-0.2, -0.15) is 5.10 Å². The lowest BCUT2D eigenvalue weighted by Crippen LogP contribution is -2.19. The molecular weight excluding hydrogens is 326 g/mol. The van der Waals surface area contributed by atoms with Crippen LogP contribution in [0.4, 0.5) is 8.78 Å². The lowest BCUT2D eigenvalue weighted by atomic mass is 10.1. The van der Waals surface area contributed by atoms with E-state index in [0.717, 1.165) is 12.1 Å². The molecule has 0 unspecified atom stereocenters. The van der Waals surface area contributed by atoms with E-state index in [1.807, 2.05) is 0 Å². The Morgan fingerprint density at radius 2 is 1.96 bits per heavy atom. The summed E-state index contributed by atoms with van der Waals surface area (Å²) in [7, 11) is -2.49. The quantitative estimate of drug-likeness (QED) is 0.783. The molecule has 0 saturated heterocycles. The SMILES string of the molecule is Cc1cc(C(=O)CS(=O)(=O)c2cccc(C(C)(F)F)c2)n(C)n1. The van der Waals surface area contributed by atoms with Gasteiger partial charge < -0.3 is 0 Å². The van der Waals surface area contributed by atoms with E-state index in [-0.39, 0.29) is 10.6 Å². The molecule has 0 bridgehead atoms. The molecule has 0 saturated carbocycles. The number of ketones is 1. The van der Waals surface area contributed by atoms with Gasteiger partial charge in [-0.05, 0) is 25.1 Å². The summed E-state index contributed by atoms with van der Waals surface area (Å²) < 4.78 is 52.6. The van der Waals surface area contributed by atoms with Crippen molar-refractivity contribution in [3.63, 3.8) is 0 Å². The highest BCUT2D eigenvalue weighted by Crippen LogP contribution is 2.28. The number of alkyl halides is 2. The number of Topliss-reactive ketones (excluding diaryl/α,β-unsaturated/α-hetero) is 1. The summed E-state index contributed by atoms with van der Waals surface area (Å²) in [5.74, 6) is -4.60. The van der Waals surface area contributed by atoms with Crippen LogP contribution in [0.15, 0.2) is 35.2 Å². The van der Waals surface area contributed by atoms with Gasteiger partial charge in [0.25, 0.3) is 5.92 Å². The van der Waals surface area contributed by atoms with Crippen LogP contribution >= 0.6 is 0 Å². The van der Waals surface area contributed by atoms with Crippen molar-refractivity contribution in [1.29, 1.82) is 0 Å². The predicted molar refractivity (Wildman–Crippen MR) is 80.3 cm³/mol. The van der Waals surface area contributed by atoms with Crippen molar-refractivity contribution < 1.29 is 22.0 Å². The van der Waals surface area contributed by atoms with E-state index < -0.39 is 32.9 Å². The highest BCUT2D eigenvalue weighted by atomic mass is 32.2. The van der Waals surface area contributed by atoms with Gasteiger partial charge in [0.2, 0.25) is 0 Å². The van der Waals surface area contributed by atoms with Crippen molar-refractivity contribution in [1.82, 2.24) is 9.78 Å². The monoisotopic (exact) mass is 342 g/mol. The van der Waals surface area contributed by atoms with Gasteiger partial charge in [0.1, 0.15) is 11.4 Å². The van der Waals surface area contributed by atoms with E-state index in [1.54, 1.807) is 6.92 Å². The maximum atomic E-state index is 13.3. The van der Waals surface area contributed by atoms with Crippen LogP contribution in [0.1, 0.15) is 28.7 Å². The van der Waals surface area contributed by atoms with Crippen LogP contribution in [0.2, 0.25) is 0 Å². The fraction of sp³-hybridized carbons (Fsp3) is 0.333. The van der Waals surface area contributed by atoms with Gasteiger partial charge in [0.05, 0.1) is 10.6 Å². The van der Waals surface area contributed by atoms with Crippen LogP contribution in [0, 0.1) is 6.92 Å². The highest BCUT2D eigenvalue weighted by molar-refractivity contribution is 7.92. The van der Waals surface area contributed by atoms with Crippen molar-refractivity contribution in [2.24, 2.45) is 7.05 Å². The molecule has 0 spiro atoms. The molecule has 0 aliphatic carbocycles. The lowest BCUT2D eigenvalue weighted by Gasteiger charge is -2.12. The van der Waals surface area contributed by atoms with E-state index in [0.29, 0.717) is 12.6 Å². The zero-order valence-electron chi connectivity index (χ0n) is 12.9. The van der Waals surface area contributed by atoms with Crippen molar-refractivity contribution in [2.45, 2.75) is 24.7 Å². The number of hydrogen-bond donors (Lipinski definition) is 0. The van der Waals surface area contributed by atoms with Crippen LogP contribution in [-0.2, 0) is 22.8 Å². The molecule has 2 rings (SSSR count).